The van der Waals surface area contributed by atoms with E-state index in [1.54, 1.807) is 6.33 Å². The molecule has 0 aliphatic rings. The van der Waals surface area contributed by atoms with Crippen LogP contribution in [0.2, 0.25) is 0 Å². The number of nitrogens with one attached hydrogen (secondary N) is 1. The van der Waals surface area contributed by atoms with Crippen LogP contribution < -0.4 is 0 Å². The number of rotatable bonds is 7. The van der Waals surface area contributed by atoms with Gasteiger partial charge in [0.05, 0.1) is 6.33 Å². The second-order valence-electron chi connectivity index (χ2n) is 4.24. The van der Waals surface area contributed by atoms with Crippen LogP contribution in [0.5, 0.6) is 0 Å². The van der Waals surface area contributed by atoms with Gasteiger partial charge in [-0.1, -0.05) is 46.0 Å². The van der Waals surface area contributed by atoms with Gasteiger partial charge in [0.1, 0.15) is 0 Å². The fraction of sp³-hybridized carbons (Fsp3) is 0.750. The smallest absolute Gasteiger partial charge is 0.0921 e. The predicted octanol–water partition coefficient (Wildman–Crippen LogP) is 3.56. The summed E-state index contributed by atoms with van der Waals surface area (Å²) >= 11 is 0. The van der Waals surface area contributed by atoms with Gasteiger partial charge in [-0.25, -0.2) is 4.98 Å². The number of hydrogen-bond acceptors (Lipinski definition) is 1. The molecule has 2 nitrogen and oxygen atoms in total. The molecule has 0 saturated heterocycles. The van der Waals surface area contributed by atoms with Gasteiger partial charge in [-0.3, -0.25) is 0 Å². The lowest BCUT2D eigenvalue weighted by molar-refractivity contribution is 0.484. The van der Waals surface area contributed by atoms with E-state index in [0.717, 1.165) is 12.3 Å². The van der Waals surface area contributed by atoms with Crippen LogP contribution in [0.15, 0.2) is 12.5 Å². The van der Waals surface area contributed by atoms with Crippen molar-refractivity contribution in [1.82, 2.24) is 9.97 Å². The maximum absolute atomic E-state index is 4.03. The first-order valence-corrected chi connectivity index (χ1v) is 5.80. The Morgan fingerprint density at radius 1 is 1.36 bits per heavy atom. The SMILES string of the molecule is CCCCCCC(C)Cc1cnc[nH]1. The summed E-state index contributed by atoms with van der Waals surface area (Å²) < 4.78 is 0. The van der Waals surface area contributed by atoms with Gasteiger partial charge >= 0.3 is 0 Å². The van der Waals surface area contributed by atoms with Gasteiger partial charge in [-0.15, -0.1) is 0 Å². The average Bonchev–Trinajstić information content (AvgIpc) is 2.65. The van der Waals surface area contributed by atoms with Crippen molar-refractivity contribution in [2.45, 2.75) is 52.4 Å². The summed E-state index contributed by atoms with van der Waals surface area (Å²) in [7, 11) is 0. The van der Waals surface area contributed by atoms with E-state index in [1.807, 2.05) is 6.20 Å². The molecule has 0 radical (unpaired) electrons. The van der Waals surface area contributed by atoms with Crippen molar-refractivity contribution in [3.05, 3.63) is 18.2 Å². The minimum Gasteiger partial charge on any atom is -0.348 e. The molecule has 1 aromatic rings. The Hall–Kier alpha value is -0.790. The van der Waals surface area contributed by atoms with Crippen LogP contribution >= 0.6 is 0 Å². The van der Waals surface area contributed by atoms with Gasteiger partial charge in [-0.2, -0.15) is 0 Å². The molecule has 14 heavy (non-hydrogen) atoms. The Bertz CT molecular complexity index is 216. The number of aromatic amines is 1. The molecule has 0 aliphatic heterocycles. The summed E-state index contributed by atoms with van der Waals surface area (Å²) in [6, 6.07) is 0. The Morgan fingerprint density at radius 2 is 2.21 bits per heavy atom. The van der Waals surface area contributed by atoms with Crippen LogP contribution in [0.25, 0.3) is 0 Å². The molecule has 1 unspecified atom stereocenters. The molecule has 0 aliphatic carbocycles. The van der Waals surface area contributed by atoms with Gasteiger partial charge in [-0.05, 0) is 12.3 Å². The molecule has 1 rings (SSSR count). The summed E-state index contributed by atoms with van der Waals surface area (Å²) in [5, 5.41) is 0. The number of nitrogens with zero attached hydrogens (tertiary/aromatic N) is 1. The first-order chi connectivity index (χ1) is 6.83. The highest BCUT2D eigenvalue weighted by Gasteiger charge is 2.03. The molecule has 0 bridgehead atoms. The van der Waals surface area contributed by atoms with E-state index in [1.165, 1.54) is 37.8 Å². The highest BCUT2D eigenvalue weighted by molar-refractivity contribution is 4.95. The summed E-state index contributed by atoms with van der Waals surface area (Å²) in [6.07, 6.45) is 11.7. The molecule has 1 aromatic heterocycles. The number of imidazole rings is 1. The lowest BCUT2D eigenvalue weighted by atomic mass is 9.98. The van der Waals surface area contributed by atoms with Gasteiger partial charge in [0.15, 0.2) is 0 Å². The lowest BCUT2D eigenvalue weighted by Gasteiger charge is -2.09. The number of unbranched alkanes of at least 4 members (excludes halogenated alkanes) is 3. The molecule has 0 amide bonds. The monoisotopic (exact) mass is 194 g/mol. The summed E-state index contributed by atoms with van der Waals surface area (Å²) in [5.74, 6) is 0.785. The normalized spacial score (nSPS) is 13.0. The summed E-state index contributed by atoms with van der Waals surface area (Å²) in [4.78, 5) is 7.19. The van der Waals surface area contributed by atoms with E-state index in [4.69, 9.17) is 0 Å². The molecule has 80 valence electrons. The Morgan fingerprint density at radius 3 is 2.86 bits per heavy atom. The molecule has 1 N–H and O–H groups in total. The fourth-order valence-corrected chi connectivity index (χ4v) is 1.79. The van der Waals surface area contributed by atoms with E-state index in [0.29, 0.717) is 0 Å². The second kappa shape index (κ2) is 6.63. The first kappa shape index (κ1) is 11.3. The van der Waals surface area contributed by atoms with Crippen LogP contribution in [-0.2, 0) is 6.42 Å². The van der Waals surface area contributed by atoms with Gasteiger partial charge < -0.3 is 4.98 Å². The molecule has 1 heterocycles. The Labute approximate surface area is 87.1 Å². The molecule has 1 atom stereocenters. The molecule has 0 spiro atoms. The molecule has 0 saturated carbocycles. The maximum Gasteiger partial charge on any atom is 0.0921 e. The first-order valence-electron chi connectivity index (χ1n) is 5.80. The summed E-state index contributed by atoms with van der Waals surface area (Å²) in [6.45, 7) is 4.58. The average molecular weight is 194 g/mol. The third-order valence-electron chi connectivity index (χ3n) is 2.67. The van der Waals surface area contributed by atoms with Gasteiger partial charge in [0, 0.05) is 11.9 Å². The Balaban J connectivity index is 2.07. The summed E-state index contributed by atoms with van der Waals surface area (Å²) in [5.41, 5.74) is 1.27. The second-order valence-corrected chi connectivity index (χ2v) is 4.24. The van der Waals surface area contributed by atoms with Crippen LogP contribution in [0.4, 0.5) is 0 Å². The zero-order valence-corrected chi connectivity index (χ0v) is 9.42. The van der Waals surface area contributed by atoms with Crippen LogP contribution in [0.1, 0.15) is 51.6 Å². The third kappa shape index (κ3) is 4.45. The van der Waals surface area contributed by atoms with E-state index < -0.39 is 0 Å². The maximum atomic E-state index is 4.03. The predicted molar refractivity (Wildman–Crippen MR) is 60.2 cm³/mol. The quantitative estimate of drug-likeness (QED) is 0.661. The highest BCUT2D eigenvalue weighted by atomic mass is 14.9. The largest absolute Gasteiger partial charge is 0.348 e. The molecular formula is C12H22N2. The van der Waals surface area contributed by atoms with E-state index in [9.17, 15) is 0 Å². The standard InChI is InChI=1S/C12H22N2/c1-3-4-5-6-7-11(2)8-12-9-13-10-14-12/h9-11H,3-8H2,1-2H3,(H,13,14). The minimum atomic E-state index is 0.785. The fourth-order valence-electron chi connectivity index (χ4n) is 1.79. The Kier molecular flexibility index (Phi) is 5.35. The van der Waals surface area contributed by atoms with Gasteiger partial charge in [0.25, 0.3) is 0 Å². The van der Waals surface area contributed by atoms with Crippen molar-refractivity contribution in [2.24, 2.45) is 5.92 Å². The van der Waals surface area contributed by atoms with Crippen molar-refractivity contribution in [3.8, 4) is 0 Å². The van der Waals surface area contributed by atoms with Crippen LogP contribution in [0, 0.1) is 5.92 Å². The van der Waals surface area contributed by atoms with E-state index in [-0.39, 0.29) is 0 Å². The zero-order valence-electron chi connectivity index (χ0n) is 9.42. The number of hydrogen-bond donors (Lipinski definition) is 1. The molecular weight excluding hydrogens is 172 g/mol. The molecule has 0 aromatic carbocycles. The third-order valence-corrected chi connectivity index (χ3v) is 2.67. The van der Waals surface area contributed by atoms with Crippen molar-refractivity contribution in [1.29, 1.82) is 0 Å². The number of aromatic nitrogens is 2. The minimum absolute atomic E-state index is 0.785. The van der Waals surface area contributed by atoms with E-state index in [2.05, 4.69) is 23.8 Å². The van der Waals surface area contributed by atoms with Crippen molar-refractivity contribution in [3.63, 3.8) is 0 Å². The van der Waals surface area contributed by atoms with Crippen LogP contribution in [-0.4, -0.2) is 9.97 Å². The molecule has 2 heteroatoms. The van der Waals surface area contributed by atoms with Gasteiger partial charge in [0.2, 0.25) is 0 Å². The van der Waals surface area contributed by atoms with Crippen molar-refractivity contribution < 1.29 is 0 Å². The zero-order chi connectivity index (χ0) is 10.2. The number of H-pyrrole nitrogens is 1. The topological polar surface area (TPSA) is 28.7 Å². The van der Waals surface area contributed by atoms with Crippen molar-refractivity contribution in [2.75, 3.05) is 0 Å². The highest BCUT2D eigenvalue weighted by Crippen LogP contribution is 2.14. The van der Waals surface area contributed by atoms with Crippen molar-refractivity contribution >= 4 is 0 Å². The van der Waals surface area contributed by atoms with E-state index >= 15 is 0 Å². The molecule has 0 fully saturated rings. The van der Waals surface area contributed by atoms with Crippen LogP contribution in [0.3, 0.4) is 0 Å². The lowest BCUT2D eigenvalue weighted by Crippen LogP contribution is -1.99.